The van der Waals surface area contributed by atoms with Crippen LogP contribution >= 0.6 is 0 Å². The van der Waals surface area contributed by atoms with Crippen molar-refractivity contribution in [3.8, 4) is 0 Å². The molecule has 1 heterocycles. The highest BCUT2D eigenvalue weighted by Gasteiger charge is 2.23. The molecule has 1 amide bonds. The lowest BCUT2D eigenvalue weighted by Gasteiger charge is -2.36. The number of Topliss-reactive ketones (excluding diaryl/α,β-unsaturated/α-hetero) is 1. The molecule has 132 valence electrons. The van der Waals surface area contributed by atoms with E-state index in [0.717, 1.165) is 6.42 Å². The molecule has 1 aromatic carbocycles. The van der Waals surface area contributed by atoms with Gasteiger partial charge >= 0.3 is 0 Å². The third-order valence-electron chi connectivity index (χ3n) is 4.44. The van der Waals surface area contributed by atoms with Gasteiger partial charge in [0, 0.05) is 32.2 Å². The first kappa shape index (κ1) is 18.4. The molecule has 1 aliphatic heterocycles. The van der Waals surface area contributed by atoms with Crippen LogP contribution in [0.15, 0.2) is 18.2 Å². The minimum Gasteiger partial charge on any atom is -0.368 e. The zero-order valence-electron chi connectivity index (χ0n) is 14.6. The largest absolute Gasteiger partial charge is 0.368 e. The van der Waals surface area contributed by atoms with Gasteiger partial charge < -0.3 is 10.2 Å². The molecule has 5 nitrogen and oxygen atoms in total. The summed E-state index contributed by atoms with van der Waals surface area (Å²) in [6, 6.07) is 4.91. The lowest BCUT2D eigenvalue weighted by Crippen LogP contribution is -2.50. The fraction of sp³-hybridized carbons (Fsp3) is 0.556. The summed E-state index contributed by atoms with van der Waals surface area (Å²) in [6.45, 7) is 8.54. The Morgan fingerprint density at radius 1 is 1.25 bits per heavy atom. The van der Waals surface area contributed by atoms with E-state index in [4.69, 9.17) is 0 Å². The summed E-state index contributed by atoms with van der Waals surface area (Å²) in [4.78, 5) is 27.8. The fourth-order valence-corrected chi connectivity index (χ4v) is 2.90. The van der Waals surface area contributed by atoms with Crippen LogP contribution in [0.25, 0.3) is 0 Å². The molecule has 0 saturated carbocycles. The number of carbonyl (C=O) groups excluding carboxylic acids is 2. The normalized spacial score (nSPS) is 16.8. The molecule has 2 rings (SSSR count). The van der Waals surface area contributed by atoms with Crippen LogP contribution in [0.1, 0.15) is 37.6 Å². The van der Waals surface area contributed by atoms with E-state index >= 15 is 0 Å². The van der Waals surface area contributed by atoms with E-state index in [0.29, 0.717) is 38.4 Å². The number of nitrogens with one attached hydrogen (secondary N) is 1. The van der Waals surface area contributed by atoms with Crippen LogP contribution in [0.4, 0.5) is 10.1 Å². The predicted molar refractivity (Wildman–Crippen MR) is 93.0 cm³/mol. The van der Waals surface area contributed by atoms with Crippen molar-refractivity contribution in [1.82, 2.24) is 10.2 Å². The number of benzene rings is 1. The summed E-state index contributed by atoms with van der Waals surface area (Å²) in [5, 5.41) is 2.96. The van der Waals surface area contributed by atoms with E-state index in [9.17, 15) is 14.0 Å². The number of hydrogen-bond acceptors (Lipinski definition) is 4. The minimum atomic E-state index is -0.477. The minimum absolute atomic E-state index is 0.0352. The van der Waals surface area contributed by atoms with E-state index in [1.165, 1.54) is 13.0 Å². The van der Waals surface area contributed by atoms with Crippen LogP contribution in [-0.2, 0) is 4.79 Å². The fourth-order valence-electron chi connectivity index (χ4n) is 2.90. The first-order valence-corrected chi connectivity index (χ1v) is 8.48. The van der Waals surface area contributed by atoms with Crippen molar-refractivity contribution in [1.29, 1.82) is 0 Å². The quantitative estimate of drug-likeness (QED) is 0.809. The Balaban J connectivity index is 1.95. The molecule has 1 unspecified atom stereocenters. The highest BCUT2D eigenvalue weighted by molar-refractivity contribution is 6.00. The topological polar surface area (TPSA) is 52.7 Å². The summed E-state index contributed by atoms with van der Waals surface area (Å²) < 4.78 is 13.9. The Morgan fingerprint density at radius 2 is 1.92 bits per heavy atom. The Bertz CT molecular complexity index is 598. The number of piperazine rings is 1. The van der Waals surface area contributed by atoms with Gasteiger partial charge in [-0.3, -0.25) is 14.5 Å². The second-order valence-corrected chi connectivity index (χ2v) is 6.33. The van der Waals surface area contributed by atoms with Gasteiger partial charge in [0.05, 0.1) is 17.8 Å². The maximum Gasteiger partial charge on any atom is 0.234 e. The molecule has 0 spiro atoms. The van der Waals surface area contributed by atoms with Crippen molar-refractivity contribution in [2.45, 2.75) is 33.2 Å². The number of hydrogen-bond donors (Lipinski definition) is 1. The second kappa shape index (κ2) is 8.24. The van der Waals surface area contributed by atoms with Gasteiger partial charge in [0.2, 0.25) is 5.91 Å². The van der Waals surface area contributed by atoms with Gasteiger partial charge in [-0.15, -0.1) is 0 Å². The monoisotopic (exact) mass is 335 g/mol. The van der Waals surface area contributed by atoms with E-state index < -0.39 is 5.82 Å². The van der Waals surface area contributed by atoms with E-state index in [2.05, 4.69) is 10.2 Å². The molecule has 0 aliphatic carbocycles. The number of amides is 1. The molecule has 1 atom stereocenters. The molecule has 1 N–H and O–H groups in total. The second-order valence-electron chi connectivity index (χ2n) is 6.33. The van der Waals surface area contributed by atoms with Gasteiger partial charge in [-0.1, -0.05) is 13.0 Å². The number of halogens is 1. The van der Waals surface area contributed by atoms with Crippen LogP contribution in [0.2, 0.25) is 0 Å². The summed E-state index contributed by atoms with van der Waals surface area (Å²) in [5.74, 6) is -0.707. The number of nitrogens with zero attached hydrogens (tertiary/aromatic N) is 2. The van der Waals surface area contributed by atoms with Crippen molar-refractivity contribution in [2.24, 2.45) is 0 Å². The maximum atomic E-state index is 13.9. The van der Waals surface area contributed by atoms with Crippen molar-refractivity contribution in [3.63, 3.8) is 0 Å². The maximum absolute atomic E-state index is 13.9. The summed E-state index contributed by atoms with van der Waals surface area (Å²) in [7, 11) is 0. The molecule has 6 heteroatoms. The van der Waals surface area contributed by atoms with Crippen LogP contribution < -0.4 is 10.2 Å². The molecule has 1 aromatic rings. The third-order valence-corrected chi connectivity index (χ3v) is 4.44. The average Bonchev–Trinajstić information content (AvgIpc) is 2.54. The number of rotatable bonds is 6. The molecule has 24 heavy (non-hydrogen) atoms. The van der Waals surface area contributed by atoms with Gasteiger partial charge in [0.25, 0.3) is 0 Å². The highest BCUT2D eigenvalue weighted by Crippen LogP contribution is 2.24. The lowest BCUT2D eigenvalue weighted by molar-refractivity contribution is -0.122. The zero-order chi connectivity index (χ0) is 17.7. The summed E-state index contributed by atoms with van der Waals surface area (Å²) >= 11 is 0. The molecular formula is C18H26FN3O2. The lowest BCUT2D eigenvalue weighted by atomic mass is 10.1. The Morgan fingerprint density at radius 3 is 2.50 bits per heavy atom. The van der Waals surface area contributed by atoms with Gasteiger partial charge in [-0.25, -0.2) is 4.39 Å². The van der Waals surface area contributed by atoms with Gasteiger partial charge in [0.15, 0.2) is 5.78 Å². The molecule has 1 aliphatic rings. The van der Waals surface area contributed by atoms with E-state index in [-0.39, 0.29) is 23.3 Å². The Kier molecular flexibility index (Phi) is 6.31. The highest BCUT2D eigenvalue weighted by atomic mass is 19.1. The summed E-state index contributed by atoms with van der Waals surface area (Å²) in [6.07, 6.45) is 0.910. The first-order valence-electron chi connectivity index (χ1n) is 8.48. The van der Waals surface area contributed by atoms with Crippen LogP contribution in [0, 0.1) is 5.82 Å². The molecule has 1 saturated heterocycles. The van der Waals surface area contributed by atoms with Gasteiger partial charge in [0.1, 0.15) is 5.82 Å². The van der Waals surface area contributed by atoms with Gasteiger partial charge in [-0.05, 0) is 32.4 Å². The number of ketones is 1. The van der Waals surface area contributed by atoms with Crippen molar-refractivity contribution in [3.05, 3.63) is 29.6 Å². The summed E-state index contributed by atoms with van der Waals surface area (Å²) in [5.41, 5.74) is 0.798. The van der Waals surface area contributed by atoms with Crippen LogP contribution in [-0.4, -0.2) is 55.4 Å². The molecular weight excluding hydrogens is 309 g/mol. The smallest absolute Gasteiger partial charge is 0.234 e. The molecule has 0 bridgehead atoms. The van der Waals surface area contributed by atoms with Crippen molar-refractivity contribution < 1.29 is 14.0 Å². The van der Waals surface area contributed by atoms with E-state index in [1.807, 2.05) is 18.7 Å². The third kappa shape index (κ3) is 4.54. The van der Waals surface area contributed by atoms with Crippen molar-refractivity contribution in [2.75, 3.05) is 37.6 Å². The van der Waals surface area contributed by atoms with Crippen molar-refractivity contribution >= 4 is 17.4 Å². The average molecular weight is 335 g/mol. The van der Waals surface area contributed by atoms with Crippen LogP contribution in [0.5, 0.6) is 0 Å². The molecule has 0 radical (unpaired) electrons. The predicted octanol–water partition coefficient (Wildman–Crippen LogP) is 2.06. The Hall–Kier alpha value is -1.95. The standard InChI is InChI=1S/C18H26FN3O2/c1-4-13(2)20-17(24)12-21-8-10-22(11-9-21)16-7-5-6-15(19)18(16)14(3)23/h5-7,13H,4,8-12H2,1-3H3,(H,20,24). The zero-order valence-corrected chi connectivity index (χ0v) is 14.6. The number of carbonyl (C=O) groups is 2. The van der Waals surface area contributed by atoms with Crippen LogP contribution in [0.3, 0.4) is 0 Å². The molecule has 0 aromatic heterocycles. The number of anilines is 1. The Labute approximate surface area is 142 Å². The molecule has 1 fully saturated rings. The van der Waals surface area contributed by atoms with E-state index in [1.54, 1.807) is 12.1 Å². The SMILES string of the molecule is CCC(C)NC(=O)CN1CCN(c2cccc(F)c2C(C)=O)CC1. The first-order chi connectivity index (χ1) is 11.4. The van der Waals surface area contributed by atoms with Gasteiger partial charge in [-0.2, -0.15) is 0 Å².